The first-order valence-electron chi connectivity index (χ1n) is 6.73. The molecule has 0 saturated heterocycles. The van der Waals surface area contributed by atoms with Crippen molar-refractivity contribution in [2.45, 2.75) is 17.3 Å². The lowest BCUT2D eigenvalue weighted by molar-refractivity contribution is -0.137. The van der Waals surface area contributed by atoms with E-state index in [2.05, 4.69) is 4.98 Å². The summed E-state index contributed by atoms with van der Waals surface area (Å²) in [6, 6.07) is 5.61. The number of para-hydroxylation sites is 1. The quantitative estimate of drug-likeness (QED) is 0.728. The van der Waals surface area contributed by atoms with Gasteiger partial charge in [-0.2, -0.15) is 13.2 Å². The molecule has 2 heterocycles. The molecule has 0 aliphatic carbocycles. The molecule has 3 rings (SSSR count). The van der Waals surface area contributed by atoms with E-state index in [-0.39, 0.29) is 25.9 Å². The molecule has 132 valence electrons. The summed E-state index contributed by atoms with van der Waals surface area (Å²) in [4.78, 5) is 16.9. The van der Waals surface area contributed by atoms with Crippen LogP contribution >= 0.6 is 11.3 Å². The molecular formula is C14H10F3N3O3S2. The molecule has 0 amide bonds. The van der Waals surface area contributed by atoms with Crippen LogP contribution in [0.3, 0.4) is 0 Å². The second kappa shape index (κ2) is 5.64. The maximum Gasteiger partial charge on any atom is 0.418 e. The first-order chi connectivity index (χ1) is 11.5. The van der Waals surface area contributed by atoms with Crippen LogP contribution in [0.1, 0.15) is 11.4 Å². The van der Waals surface area contributed by atoms with Crippen molar-refractivity contribution in [1.82, 2.24) is 9.55 Å². The van der Waals surface area contributed by atoms with Gasteiger partial charge in [0.25, 0.3) is 5.56 Å². The Morgan fingerprint density at radius 3 is 2.48 bits per heavy atom. The predicted octanol–water partition coefficient (Wildman–Crippen LogP) is 2.42. The lowest BCUT2D eigenvalue weighted by atomic mass is 10.1. The van der Waals surface area contributed by atoms with Gasteiger partial charge < -0.3 is 0 Å². The smallest absolute Gasteiger partial charge is 0.268 e. The summed E-state index contributed by atoms with van der Waals surface area (Å²) < 4.78 is 63.1. The molecule has 0 spiro atoms. The molecule has 0 atom stereocenters. The molecule has 25 heavy (non-hydrogen) atoms. The zero-order valence-corrected chi connectivity index (χ0v) is 14.2. The van der Waals surface area contributed by atoms with Gasteiger partial charge in [0.05, 0.1) is 16.6 Å². The maximum absolute atomic E-state index is 13.2. The third-order valence-electron chi connectivity index (χ3n) is 3.44. The highest BCUT2D eigenvalue weighted by Crippen LogP contribution is 2.34. The molecule has 0 fully saturated rings. The zero-order valence-electron chi connectivity index (χ0n) is 12.5. The third kappa shape index (κ3) is 3.05. The fourth-order valence-electron chi connectivity index (χ4n) is 2.39. The van der Waals surface area contributed by atoms with Gasteiger partial charge in [-0.25, -0.2) is 18.5 Å². The van der Waals surface area contributed by atoms with E-state index in [1.165, 1.54) is 19.1 Å². The maximum atomic E-state index is 13.2. The highest BCUT2D eigenvalue weighted by molar-refractivity contribution is 7.91. The van der Waals surface area contributed by atoms with Gasteiger partial charge in [0.15, 0.2) is 0 Å². The fourth-order valence-corrected chi connectivity index (χ4v) is 4.18. The number of benzene rings is 1. The molecule has 1 aromatic carbocycles. The number of thiophene rings is 1. The number of sulfonamides is 1. The van der Waals surface area contributed by atoms with Crippen molar-refractivity contribution in [3.63, 3.8) is 0 Å². The number of primary sulfonamides is 1. The van der Waals surface area contributed by atoms with Crippen LogP contribution < -0.4 is 10.7 Å². The van der Waals surface area contributed by atoms with Crippen molar-refractivity contribution in [3.8, 4) is 5.69 Å². The summed E-state index contributed by atoms with van der Waals surface area (Å²) in [5, 5.41) is 4.92. The Bertz CT molecular complexity index is 1150. The van der Waals surface area contributed by atoms with Gasteiger partial charge in [-0.05, 0) is 25.1 Å². The van der Waals surface area contributed by atoms with Crippen LogP contribution in [0.5, 0.6) is 0 Å². The predicted molar refractivity (Wildman–Crippen MR) is 86.3 cm³/mol. The second-order valence-corrected chi connectivity index (χ2v) is 7.96. The Balaban J connectivity index is 2.38. The van der Waals surface area contributed by atoms with E-state index in [9.17, 15) is 26.4 Å². The minimum atomic E-state index is -4.67. The molecular weight excluding hydrogens is 379 g/mol. The van der Waals surface area contributed by atoms with Crippen molar-refractivity contribution in [2.75, 3.05) is 0 Å². The number of rotatable bonds is 2. The highest BCUT2D eigenvalue weighted by Gasteiger charge is 2.34. The molecule has 2 N–H and O–H groups in total. The van der Waals surface area contributed by atoms with E-state index in [0.29, 0.717) is 11.3 Å². The van der Waals surface area contributed by atoms with Crippen LogP contribution in [0.2, 0.25) is 0 Å². The molecule has 0 saturated carbocycles. The fraction of sp³-hybridized carbons (Fsp3) is 0.143. The standard InChI is InChI=1S/C14H10F3N3O3S2/c1-7-19-12-8(6-11(24-12)25(18,22)23)13(21)20(7)10-5-3-2-4-9(10)14(15,16)17/h2-6H,1H3,(H2,18,22,23). The van der Waals surface area contributed by atoms with Crippen LogP contribution in [0, 0.1) is 6.92 Å². The van der Waals surface area contributed by atoms with E-state index >= 15 is 0 Å². The monoisotopic (exact) mass is 389 g/mol. The van der Waals surface area contributed by atoms with Crippen molar-refractivity contribution < 1.29 is 21.6 Å². The van der Waals surface area contributed by atoms with Crippen molar-refractivity contribution in [1.29, 1.82) is 0 Å². The van der Waals surface area contributed by atoms with E-state index in [1.54, 1.807) is 0 Å². The van der Waals surface area contributed by atoms with E-state index in [4.69, 9.17) is 5.14 Å². The number of nitrogens with two attached hydrogens (primary N) is 1. The average molecular weight is 389 g/mol. The summed E-state index contributed by atoms with van der Waals surface area (Å²) >= 11 is 0.687. The van der Waals surface area contributed by atoms with E-state index in [1.807, 2.05) is 0 Å². The number of aromatic nitrogens is 2. The van der Waals surface area contributed by atoms with Gasteiger partial charge >= 0.3 is 6.18 Å². The Labute approximate surface area is 143 Å². The molecule has 11 heteroatoms. The van der Waals surface area contributed by atoms with E-state index in [0.717, 1.165) is 22.8 Å². The molecule has 0 radical (unpaired) electrons. The third-order valence-corrected chi connectivity index (χ3v) is 5.89. The lowest BCUT2D eigenvalue weighted by Crippen LogP contribution is -2.24. The summed E-state index contributed by atoms with van der Waals surface area (Å²) in [6.45, 7) is 1.37. The SMILES string of the molecule is Cc1nc2sc(S(N)(=O)=O)cc2c(=O)n1-c1ccccc1C(F)(F)F. The van der Waals surface area contributed by atoms with Gasteiger partial charge in [0.2, 0.25) is 10.0 Å². The Morgan fingerprint density at radius 2 is 1.88 bits per heavy atom. The zero-order chi connectivity index (χ0) is 18.6. The highest BCUT2D eigenvalue weighted by atomic mass is 32.2. The summed E-state index contributed by atoms with van der Waals surface area (Å²) in [7, 11) is -4.05. The molecule has 3 aromatic rings. The summed E-state index contributed by atoms with van der Waals surface area (Å²) in [6.07, 6.45) is -4.67. The number of hydrogen-bond acceptors (Lipinski definition) is 5. The molecule has 0 aliphatic heterocycles. The number of aryl methyl sites for hydroxylation is 1. The first-order valence-corrected chi connectivity index (χ1v) is 9.09. The number of alkyl halides is 3. The Hall–Kier alpha value is -2.24. The number of hydrogen-bond donors (Lipinski definition) is 1. The van der Waals surface area contributed by atoms with Crippen LogP contribution in [-0.4, -0.2) is 18.0 Å². The van der Waals surface area contributed by atoms with Crippen molar-refractivity contribution in [3.05, 3.63) is 52.1 Å². The number of nitrogens with zero attached hydrogens (tertiary/aromatic N) is 2. The van der Waals surface area contributed by atoms with Gasteiger partial charge in [-0.15, -0.1) is 11.3 Å². The average Bonchev–Trinajstić information content (AvgIpc) is 2.91. The largest absolute Gasteiger partial charge is 0.418 e. The Kier molecular flexibility index (Phi) is 3.97. The van der Waals surface area contributed by atoms with Gasteiger partial charge in [0, 0.05) is 0 Å². The molecule has 6 nitrogen and oxygen atoms in total. The van der Waals surface area contributed by atoms with Crippen LogP contribution in [0.15, 0.2) is 39.3 Å². The van der Waals surface area contributed by atoms with Gasteiger partial charge in [-0.3, -0.25) is 9.36 Å². The first kappa shape index (κ1) is 17.6. The van der Waals surface area contributed by atoms with E-state index < -0.39 is 27.3 Å². The Morgan fingerprint density at radius 1 is 1.24 bits per heavy atom. The number of fused-ring (bicyclic) bond motifs is 1. The van der Waals surface area contributed by atoms with Gasteiger partial charge in [-0.1, -0.05) is 12.1 Å². The normalized spacial score (nSPS) is 12.7. The number of halogens is 3. The van der Waals surface area contributed by atoms with Gasteiger partial charge in [0.1, 0.15) is 14.9 Å². The summed E-state index contributed by atoms with van der Waals surface area (Å²) in [5.41, 5.74) is -2.18. The van der Waals surface area contributed by atoms with Crippen molar-refractivity contribution in [2.24, 2.45) is 5.14 Å². The van der Waals surface area contributed by atoms with Crippen LogP contribution in [0.4, 0.5) is 13.2 Å². The topological polar surface area (TPSA) is 95.1 Å². The molecule has 2 aromatic heterocycles. The molecule has 0 bridgehead atoms. The molecule has 0 aliphatic rings. The molecule has 0 unspecified atom stereocenters. The van der Waals surface area contributed by atoms with Crippen molar-refractivity contribution >= 4 is 31.6 Å². The van der Waals surface area contributed by atoms with Crippen LogP contribution in [0.25, 0.3) is 15.9 Å². The summed E-state index contributed by atoms with van der Waals surface area (Å²) in [5.74, 6) is -0.00276. The lowest BCUT2D eigenvalue weighted by Gasteiger charge is -2.15. The minimum Gasteiger partial charge on any atom is -0.268 e. The van der Waals surface area contributed by atoms with Crippen LogP contribution in [-0.2, 0) is 16.2 Å². The minimum absolute atomic E-state index is 0.00276. The second-order valence-electron chi connectivity index (χ2n) is 5.14.